The van der Waals surface area contributed by atoms with Crippen molar-refractivity contribution in [2.24, 2.45) is 0 Å². The van der Waals surface area contributed by atoms with Crippen LogP contribution in [-0.2, 0) is 0 Å². The second-order valence-corrected chi connectivity index (χ2v) is 5.34. The lowest BCUT2D eigenvalue weighted by Gasteiger charge is -2.30. The van der Waals surface area contributed by atoms with Gasteiger partial charge in [0.05, 0.1) is 16.4 Å². The first-order chi connectivity index (χ1) is 9.77. The Morgan fingerprint density at radius 1 is 1.15 bits per heavy atom. The zero-order valence-corrected chi connectivity index (χ0v) is 12.8. The van der Waals surface area contributed by atoms with E-state index in [9.17, 15) is 0 Å². The quantitative estimate of drug-likeness (QED) is 0.621. The SMILES string of the molecule is C=CCN(CC=C)C1=C(c2ccccc2)NSC=C1Cl. The molecule has 1 aliphatic heterocycles. The van der Waals surface area contributed by atoms with Crippen LogP contribution in [0, 0.1) is 0 Å². The fourth-order valence-corrected chi connectivity index (χ4v) is 3.00. The second-order valence-electron chi connectivity index (χ2n) is 4.26. The average molecular weight is 305 g/mol. The van der Waals surface area contributed by atoms with Gasteiger partial charge in [-0.3, -0.25) is 0 Å². The summed E-state index contributed by atoms with van der Waals surface area (Å²) < 4.78 is 3.34. The Labute approximate surface area is 129 Å². The van der Waals surface area contributed by atoms with Crippen molar-refractivity contribution in [3.63, 3.8) is 0 Å². The largest absolute Gasteiger partial charge is 0.361 e. The van der Waals surface area contributed by atoms with Crippen LogP contribution in [0.1, 0.15) is 5.56 Å². The molecule has 1 aliphatic rings. The van der Waals surface area contributed by atoms with Gasteiger partial charge < -0.3 is 9.62 Å². The van der Waals surface area contributed by atoms with Gasteiger partial charge in [0, 0.05) is 24.1 Å². The van der Waals surface area contributed by atoms with Crippen LogP contribution in [0.5, 0.6) is 0 Å². The minimum Gasteiger partial charge on any atom is -0.361 e. The Morgan fingerprint density at radius 3 is 2.40 bits per heavy atom. The predicted molar refractivity (Wildman–Crippen MR) is 90.0 cm³/mol. The first-order valence-corrected chi connectivity index (χ1v) is 7.57. The van der Waals surface area contributed by atoms with Gasteiger partial charge in [-0.1, -0.05) is 54.1 Å². The molecule has 1 aromatic carbocycles. The van der Waals surface area contributed by atoms with E-state index < -0.39 is 0 Å². The van der Waals surface area contributed by atoms with Crippen molar-refractivity contribution >= 4 is 29.2 Å². The average Bonchev–Trinajstić information content (AvgIpc) is 2.48. The molecular weight excluding hydrogens is 288 g/mol. The Hall–Kier alpha value is -1.58. The summed E-state index contributed by atoms with van der Waals surface area (Å²) in [5, 5.41) is 2.64. The van der Waals surface area contributed by atoms with E-state index in [0.717, 1.165) is 22.0 Å². The molecule has 0 amide bonds. The molecule has 0 radical (unpaired) electrons. The highest BCUT2D eigenvalue weighted by molar-refractivity contribution is 8.00. The lowest BCUT2D eigenvalue weighted by atomic mass is 10.1. The highest BCUT2D eigenvalue weighted by Gasteiger charge is 2.21. The highest BCUT2D eigenvalue weighted by atomic mass is 35.5. The normalized spacial score (nSPS) is 14.3. The smallest absolute Gasteiger partial charge is 0.0817 e. The Kier molecular flexibility index (Phi) is 5.39. The van der Waals surface area contributed by atoms with Crippen molar-refractivity contribution in [2.75, 3.05) is 13.1 Å². The summed E-state index contributed by atoms with van der Waals surface area (Å²) in [5.41, 5.74) is 3.11. The van der Waals surface area contributed by atoms with E-state index in [1.54, 1.807) is 0 Å². The molecule has 1 aromatic rings. The van der Waals surface area contributed by atoms with E-state index in [1.807, 2.05) is 35.8 Å². The standard InChI is InChI=1S/C16H17ClN2S/c1-3-10-19(11-4-2)16-14(17)12-20-18-15(16)13-8-6-5-7-9-13/h3-9,12,18H,1-2,10-11H2. The Morgan fingerprint density at radius 2 is 1.80 bits per heavy atom. The number of benzene rings is 1. The molecule has 0 aromatic heterocycles. The van der Waals surface area contributed by atoms with Gasteiger partial charge in [-0.2, -0.15) is 0 Å². The van der Waals surface area contributed by atoms with Gasteiger partial charge in [-0.05, 0) is 11.9 Å². The monoisotopic (exact) mass is 304 g/mol. The third-order valence-electron chi connectivity index (χ3n) is 2.86. The number of nitrogens with one attached hydrogen (secondary N) is 1. The summed E-state index contributed by atoms with van der Waals surface area (Å²) in [7, 11) is 0. The van der Waals surface area contributed by atoms with Crippen LogP contribution in [-0.4, -0.2) is 18.0 Å². The van der Waals surface area contributed by atoms with Gasteiger partial charge in [0.1, 0.15) is 0 Å². The van der Waals surface area contributed by atoms with Gasteiger partial charge >= 0.3 is 0 Å². The molecule has 20 heavy (non-hydrogen) atoms. The zero-order valence-electron chi connectivity index (χ0n) is 11.2. The summed E-state index contributed by atoms with van der Waals surface area (Å²) >= 11 is 7.91. The van der Waals surface area contributed by atoms with Crippen LogP contribution in [0.15, 0.2) is 71.8 Å². The number of rotatable bonds is 6. The predicted octanol–water partition coefficient (Wildman–Crippen LogP) is 4.36. The maximum atomic E-state index is 6.43. The Balaban J connectivity index is 2.49. The molecule has 0 saturated heterocycles. The van der Waals surface area contributed by atoms with E-state index in [0.29, 0.717) is 13.1 Å². The highest BCUT2D eigenvalue weighted by Crippen LogP contribution is 2.33. The fraction of sp³-hybridized carbons (Fsp3) is 0.125. The van der Waals surface area contributed by atoms with Crippen LogP contribution in [0.25, 0.3) is 5.70 Å². The maximum Gasteiger partial charge on any atom is 0.0817 e. The second kappa shape index (κ2) is 7.27. The zero-order chi connectivity index (χ0) is 14.4. The van der Waals surface area contributed by atoms with Crippen LogP contribution in [0.3, 0.4) is 0 Å². The number of halogens is 1. The molecule has 0 aliphatic carbocycles. The van der Waals surface area contributed by atoms with Crippen LogP contribution in [0.2, 0.25) is 0 Å². The molecule has 2 rings (SSSR count). The third-order valence-corrected chi connectivity index (χ3v) is 3.96. The minimum absolute atomic E-state index is 0.716. The van der Waals surface area contributed by atoms with E-state index in [-0.39, 0.29) is 0 Å². The maximum absolute atomic E-state index is 6.43. The Bertz CT molecular complexity index is 539. The number of allylic oxidation sites excluding steroid dienone is 1. The van der Waals surface area contributed by atoms with Gasteiger partial charge in [-0.25, -0.2) is 0 Å². The number of hydrogen-bond acceptors (Lipinski definition) is 3. The molecule has 104 valence electrons. The van der Waals surface area contributed by atoms with Crippen LogP contribution >= 0.6 is 23.5 Å². The van der Waals surface area contributed by atoms with Gasteiger partial charge in [0.15, 0.2) is 0 Å². The van der Waals surface area contributed by atoms with Crippen LogP contribution in [0.4, 0.5) is 0 Å². The molecule has 0 bridgehead atoms. The molecular formula is C16H17ClN2S. The summed E-state index contributed by atoms with van der Waals surface area (Å²) in [4.78, 5) is 2.15. The van der Waals surface area contributed by atoms with Crippen molar-refractivity contribution in [3.8, 4) is 0 Å². The number of hydrogen-bond donors (Lipinski definition) is 1. The summed E-state index contributed by atoms with van der Waals surface area (Å²) in [6, 6.07) is 10.2. The lowest BCUT2D eigenvalue weighted by Crippen LogP contribution is -2.28. The molecule has 0 unspecified atom stereocenters. The van der Waals surface area contributed by atoms with Crippen molar-refractivity contribution in [2.45, 2.75) is 0 Å². The summed E-state index contributed by atoms with van der Waals surface area (Å²) in [6.45, 7) is 9.06. The fourth-order valence-electron chi connectivity index (χ4n) is 2.04. The third kappa shape index (κ3) is 3.30. The van der Waals surface area contributed by atoms with Crippen molar-refractivity contribution in [1.82, 2.24) is 9.62 Å². The summed E-state index contributed by atoms with van der Waals surface area (Å²) in [6.07, 6.45) is 3.73. The van der Waals surface area contributed by atoms with E-state index >= 15 is 0 Å². The van der Waals surface area contributed by atoms with Crippen molar-refractivity contribution < 1.29 is 0 Å². The van der Waals surface area contributed by atoms with E-state index in [4.69, 9.17) is 11.6 Å². The molecule has 4 heteroatoms. The van der Waals surface area contributed by atoms with Crippen molar-refractivity contribution in [3.05, 3.63) is 77.3 Å². The first-order valence-electron chi connectivity index (χ1n) is 6.32. The lowest BCUT2D eigenvalue weighted by molar-refractivity contribution is 0.434. The molecule has 0 atom stereocenters. The molecule has 2 nitrogen and oxygen atoms in total. The topological polar surface area (TPSA) is 15.3 Å². The minimum atomic E-state index is 0.716. The number of nitrogens with zero attached hydrogens (tertiary/aromatic N) is 1. The van der Waals surface area contributed by atoms with Crippen molar-refractivity contribution in [1.29, 1.82) is 0 Å². The van der Waals surface area contributed by atoms with Crippen LogP contribution < -0.4 is 4.72 Å². The molecule has 1 heterocycles. The molecule has 0 fully saturated rings. The molecule has 0 spiro atoms. The van der Waals surface area contributed by atoms with E-state index in [1.165, 1.54) is 11.9 Å². The first kappa shape index (κ1) is 14.8. The van der Waals surface area contributed by atoms with Gasteiger partial charge in [0.2, 0.25) is 0 Å². The summed E-state index contributed by atoms with van der Waals surface area (Å²) in [5.74, 6) is 0. The molecule has 0 saturated carbocycles. The molecule has 1 N–H and O–H groups in total. The van der Waals surface area contributed by atoms with Gasteiger partial charge in [-0.15, -0.1) is 13.2 Å². The van der Waals surface area contributed by atoms with Gasteiger partial charge in [0.25, 0.3) is 0 Å². The van der Waals surface area contributed by atoms with E-state index in [2.05, 4.69) is 34.9 Å².